The van der Waals surface area contributed by atoms with E-state index in [0.717, 1.165) is 71.0 Å². The summed E-state index contributed by atoms with van der Waals surface area (Å²) in [5.74, 6) is 1.11. The van der Waals surface area contributed by atoms with Gasteiger partial charge < -0.3 is 25.0 Å². The van der Waals surface area contributed by atoms with Gasteiger partial charge in [0.1, 0.15) is 0 Å². The topological polar surface area (TPSA) is 75.2 Å². The first kappa shape index (κ1) is 25.9. The first-order valence-corrected chi connectivity index (χ1v) is 11.3. The van der Waals surface area contributed by atoms with Gasteiger partial charge in [0.2, 0.25) is 5.91 Å². The smallest absolute Gasteiger partial charge is 0.222 e. The minimum absolute atomic E-state index is 0. The van der Waals surface area contributed by atoms with E-state index in [0.29, 0.717) is 25.7 Å². The molecule has 174 valence electrons. The molecule has 0 aliphatic carbocycles. The Balaban J connectivity index is 0.00000341. The first-order chi connectivity index (χ1) is 14.7. The van der Waals surface area contributed by atoms with Crippen LogP contribution >= 0.6 is 24.0 Å². The maximum Gasteiger partial charge on any atom is 0.222 e. The molecule has 2 fully saturated rings. The molecular weight excluding hydrogens is 507 g/mol. The van der Waals surface area contributed by atoms with Gasteiger partial charge in [0.05, 0.1) is 19.3 Å². The third kappa shape index (κ3) is 9.33. The van der Waals surface area contributed by atoms with Crippen molar-refractivity contribution in [1.82, 2.24) is 15.5 Å². The summed E-state index contributed by atoms with van der Waals surface area (Å²) in [5.41, 5.74) is 2.36. The zero-order chi connectivity index (χ0) is 21.0. The number of likely N-dealkylation sites (tertiary alicyclic amines) is 1. The third-order valence-electron chi connectivity index (χ3n) is 5.51. The molecule has 0 unspecified atom stereocenters. The molecule has 3 rings (SSSR count). The molecule has 0 spiro atoms. The Hall–Kier alpha value is -1.39. The number of hydrogen-bond donors (Lipinski definition) is 2. The van der Waals surface area contributed by atoms with Gasteiger partial charge in [-0.05, 0) is 43.7 Å². The number of hydrogen-bond acceptors (Lipinski definition) is 4. The zero-order valence-corrected chi connectivity index (χ0v) is 20.9. The van der Waals surface area contributed by atoms with Gasteiger partial charge in [0, 0.05) is 45.8 Å². The Bertz CT molecular complexity index is 678. The highest BCUT2D eigenvalue weighted by molar-refractivity contribution is 14.0. The number of carbonyl (C=O) groups excluding carboxylic acids is 1. The normalized spacial score (nSPS) is 17.5. The Kier molecular flexibility index (Phi) is 12.2. The van der Waals surface area contributed by atoms with Crippen LogP contribution < -0.4 is 10.6 Å². The van der Waals surface area contributed by atoms with E-state index in [-0.39, 0.29) is 29.9 Å². The molecule has 2 N–H and O–H groups in total. The average Bonchev–Trinajstić information content (AvgIpc) is 3.19. The summed E-state index contributed by atoms with van der Waals surface area (Å²) < 4.78 is 11.4. The molecule has 0 bridgehead atoms. The highest BCUT2D eigenvalue weighted by Gasteiger charge is 2.19. The molecule has 7 nitrogen and oxygen atoms in total. The molecule has 2 saturated heterocycles. The van der Waals surface area contributed by atoms with Crippen molar-refractivity contribution in [2.75, 3.05) is 39.4 Å². The summed E-state index contributed by atoms with van der Waals surface area (Å²) in [6.07, 6.45) is 4.93. The monoisotopic (exact) mass is 544 g/mol. The minimum Gasteiger partial charge on any atom is -0.381 e. The molecule has 1 amide bonds. The van der Waals surface area contributed by atoms with Crippen molar-refractivity contribution in [1.29, 1.82) is 0 Å². The standard InChI is InChI=1S/C23H36N4O3.HI/c1-2-24-23(25-12-4-14-27-13-3-5-22(27)28)26-17-19-6-8-20(9-7-19)18-30-21-10-15-29-16-11-21;/h6-9,21H,2-5,10-18H2,1H3,(H2,24,25,26);1H. The lowest BCUT2D eigenvalue weighted by Gasteiger charge is -2.22. The van der Waals surface area contributed by atoms with Gasteiger partial charge in [-0.3, -0.25) is 4.79 Å². The second kappa shape index (κ2) is 14.6. The van der Waals surface area contributed by atoms with Gasteiger partial charge in [0.25, 0.3) is 0 Å². The largest absolute Gasteiger partial charge is 0.381 e. The van der Waals surface area contributed by atoms with E-state index in [9.17, 15) is 4.79 Å². The van der Waals surface area contributed by atoms with E-state index < -0.39 is 0 Å². The van der Waals surface area contributed by atoms with Gasteiger partial charge in [-0.15, -0.1) is 24.0 Å². The summed E-state index contributed by atoms with van der Waals surface area (Å²) in [6.45, 7) is 8.30. The molecule has 2 heterocycles. The van der Waals surface area contributed by atoms with E-state index in [2.05, 4.69) is 46.8 Å². The van der Waals surface area contributed by atoms with E-state index >= 15 is 0 Å². The summed E-state index contributed by atoms with van der Waals surface area (Å²) in [6, 6.07) is 8.48. The molecule has 1 aromatic carbocycles. The SMILES string of the molecule is CCNC(=NCc1ccc(COC2CCOCC2)cc1)NCCCN1CCCC1=O.I. The molecule has 0 saturated carbocycles. The Morgan fingerprint density at radius 3 is 2.61 bits per heavy atom. The maximum absolute atomic E-state index is 11.7. The lowest BCUT2D eigenvalue weighted by atomic mass is 10.1. The summed E-state index contributed by atoms with van der Waals surface area (Å²) in [7, 11) is 0. The number of amides is 1. The average molecular weight is 544 g/mol. The molecule has 8 heteroatoms. The van der Waals surface area contributed by atoms with Gasteiger partial charge in [0.15, 0.2) is 5.96 Å². The maximum atomic E-state index is 11.7. The summed E-state index contributed by atoms with van der Waals surface area (Å²) >= 11 is 0. The van der Waals surface area contributed by atoms with E-state index in [1.54, 1.807) is 0 Å². The van der Waals surface area contributed by atoms with Crippen LogP contribution in [-0.4, -0.2) is 62.3 Å². The molecule has 2 aliphatic heterocycles. The van der Waals surface area contributed by atoms with Crippen molar-refractivity contribution in [2.45, 2.75) is 58.3 Å². The number of guanidine groups is 1. The Morgan fingerprint density at radius 2 is 1.94 bits per heavy atom. The number of nitrogens with one attached hydrogen (secondary N) is 2. The third-order valence-corrected chi connectivity index (χ3v) is 5.51. The lowest BCUT2D eigenvalue weighted by molar-refractivity contribution is -0.127. The van der Waals surface area contributed by atoms with E-state index in [1.165, 1.54) is 11.1 Å². The highest BCUT2D eigenvalue weighted by atomic mass is 127. The number of aliphatic imine (C=N–C) groups is 1. The molecule has 2 aliphatic rings. The molecule has 1 aromatic rings. The van der Waals surface area contributed by atoms with E-state index in [4.69, 9.17) is 9.47 Å². The summed E-state index contributed by atoms with van der Waals surface area (Å²) in [5, 5.41) is 6.65. The van der Waals surface area contributed by atoms with Crippen molar-refractivity contribution in [3.05, 3.63) is 35.4 Å². The fourth-order valence-electron chi connectivity index (χ4n) is 3.73. The molecule has 0 radical (unpaired) electrons. The molecular formula is C23H37IN4O3. The van der Waals surface area contributed by atoms with Crippen LogP contribution in [0.3, 0.4) is 0 Å². The predicted molar refractivity (Wildman–Crippen MR) is 134 cm³/mol. The number of carbonyl (C=O) groups is 1. The van der Waals surface area contributed by atoms with Crippen molar-refractivity contribution in [3.63, 3.8) is 0 Å². The second-order valence-electron chi connectivity index (χ2n) is 7.90. The van der Waals surface area contributed by atoms with Crippen LogP contribution in [0.4, 0.5) is 0 Å². The first-order valence-electron chi connectivity index (χ1n) is 11.3. The Labute approximate surface area is 203 Å². The van der Waals surface area contributed by atoms with Crippen molar-refractivity contribution in [3.8, 4) is 0 Å². The van der Waals surface area contributed by atoms with Gasteiger partial charge in [-0.25, -0.2) is 4.99 Å². The van der Waals surface area contributed by atoms with Crippen LogP contribution in [0.1, 0.15) is 50.2 Å². The summed E-state index contributed by atoms with van der Waals surface area (Å²) in [4.78, 5) is 18.3. The number of ether oxygens (including phenoxy) is 2. The highest BCUT2D eigenvalue weighted by Crippen LogP contribution is 2.14. The number of nitrogens with zero attached hydrogens (tertiary/aromatic N) is 2. The fourth-order valence-corrected chi connectivity index (χ4v) is 3.73. The van der Waals surface area contributed by atoms with Crippen LogP contribution in [0.15, 0.2) is 29.3 Å². The minimum atomic E-state index is 0. The fraction of sp³-hybridized carbons (Fsp3) is 0.652. The molecule has 0 aromatic heterocycles. The van der Waals surface area contributed by atoms with E-state index in [1.807, 2.05) is 4.90 Å². The van der Waals surface area contributed by atoms with Crippen molar-refractivity contribution < 1.29 is 14.3 Å². The zero-order valence-electron chi connectivity index (χ0n) is 18.6. The van der Waals surface area contributed by atoms with Crippen LogP contribution in [0.2, 0.25) is 0 Å². The second-order valence-corrected chi connectivity index (χ2v) is 7.90. The van der Waals surface area contributed by atoms with Gasteiger partial charge >= 0.3 is 0 Å². The molecule has 0 atom stereocenters. The van der Waals surface area contributed by atoms with Crippen LogP contribution in [0.25, 0.3) is 0 Å². The quantitative estimate of drug-likeness (QED) is 0.205. The van der Waals surface area contributed by atoms with Crippen LogP contribution in [0.5, 0.6) is 0 Å². The number of benzene rings is 1. The van der Waals surface area contributed by atoms with Gasteiger partial charge in [-0.2, -0.15) is 0 Å². The van der Waals surface area contributed by atoms with Crippen LogP contribution in [0, 0.1) is 0 Å². The predicted octanol–water partition coefficient (Wildman–Crippen LogP) is 3.07. The van der Waals surface area contributed by atoms with Crippen molar-refractivity contribution in [2.24, 2.45) is 4.99 Å². The van der Waals surface area contributed by atoms with Gasteiger partial charge in [-0.1, -0.05) is 24.3 Å². The number of rotatable bonds is 10. The van der Waals surface area contributed by atoms with Crippen LogP contribution in [-0.2, 0) is 27.4 Å². The van der Waals surface area contributed by atoms with Crippen molar-refractivity contribution >= 4 is 35.8 Å². The lowest BCUT2D eigenvalue weighted by Crippen LogP contribution is -2.39. The number of halogens is 1. The Morgan fingerprint density at radius 1 is 1.19 bits per heavy atom. The molecule has 31 heavy (non-hydrogen) atoms.